The van der Waals surface area contributed by atoms with Crippen LogP contribution in [0.5, 0.6) is 0 Å². The number of carbonyl (C=O) groups excluding carboxylic acids is 1. The SMILES string of the molecule is NCC(=O)N1C(C(=O)O)CC2CCCCC21. The Labute approximate surface area is 94.6 Å². The zero-order valence-corrected chi connectivity index (χ0v) is 9.26. The third-order valence-corrected chi connectivity index (χ3v) is 3.84. The maximum atomic E-state index is 11.7. The molecule has 90 valence electrons. The van der Waals surface area contributed by atoms with Gasteiger partial charge in [0.2, 0.25) is 5.91 Å². The Bertz CT molecular complexity index is 306. The van der Waals surface area contributed by atoms with Gasteiger partial charge < -0.3 is 15.7 Å². The number of likely N-dealkylation sites (tertiary alicyclic amines) is 1. The zero-order chi connectivity index (χ0) is 11.7. The minimum absolute atomic E-state index is 0.0903. The first-order chi connectivity index (χ1) is 7.65. The van der Waals surface area contributed by atoms with E-state index >= 15 is 0 Å². The predicted octanol–water partition coefficient (Wildman–Crippen LogP) is 0.189. The van der Waals surface area contributed by atoms with E-state index in [0.29, 0.717) is 12.3 Å². The number of carboxylic acid groups (broad SMARTS) is 1. The number of hydrogen-bond donors (Lipinski definition) is 2. The van der Waals surface area contributed by atoms with Crippen LogP contribution >= 0.6 is 0 Å². The summed E-state index contributed by atoms with van der Waals surface area (Å²) < 4.78 is 0. The number of nitrogens with zero attached hydrogens (tertiary/aromatic N) is 1. The fraction of sp³-hybridized carbons (Fsp3) is 0.818. The van der Waals surface area contributed by atoms with Gasteiger partial charge in [-0.05, 0) is 25.2 Å². The summed E-state index contributed by atoms with van der Waals surface area (Å²) in [6, 6.07) is -0.532. The van der Waals surface area contributed by atoms with Gasteiger partial charge in [-0.25, -0.2) is 4.79 Å². The summed E-state index contributed by atoms with van der Waals surface area (Å²) in [4.78, 5) is 24.4. The normalized spacial score (nSPS) is 33.6. The van der Waals surface area contributed by atoms with Crippen molar-refractivity contribution in [1.29, 1.82) is 0 Å². The summed E-state index contributed by atoms with van der Waals surface area (Å²) in [5, 5.41) is 9.14. The second kappa shape index (κ2) is 4.41. The molecule has 3 N–H and O–H groups in total. The molecule has 16 heavy (non-hydrogen) atoms. The molecule has 1 saturated heterocycles. The molecule has 0 aromatic carbocycles. The number of nitrogens with two attached hydrogens (primary N) is 1. The minimum atomic E-state index is -0.892. The topological polar surface area (TPSA) is 83.6 Å². The third-order valence-electron chi connectivity index (χ3n) is 3.84. The average molecular weight is 226 g/mol. The molecule has 2 fully saturated rings. The van der Waals surface area contributed by atoms with E-state index in [4.69, 9.17) is 10.8 Å². The van der Waals surface area contributed by atoms with E-state index in [-0.39, 0.29) is 18.5 Å². The van der Waals surface area contributed by atoms with E-state index in [1.165, 1.54) is 4.90 Å². The number of hydrogen-bond acceptors (Lipinski definition) is 3. The van der Waals surface area contributed by atoms with Crippen LogP contribution in [0.1, 0.15) is 32.1 Å². The molecule has 5 nitrogen and oxygen atoms in total. The fourth-order valence-corrected chi connectivity index (χ4v) is 3.14. The van der Waals surface area contributed by atoms with Crippen LogP contribution in [0.4, 0.5) is 0 Å². The monoisotopic (exact) mass is 226 g/mol. The van der Waals surface area contributed by atoms with Gasteiger partial charge in [0.1, 0.15) is 6.04 Å². The molecule has 3 atom stereocenters. The summed E-state index contributed by atoms with van der Waals surface area (Å²) in [6.45, 7) is -0.0903. The van der Waals surface area contributed by atoms with E-state index in [1.54, 1.807) is 0 Å². The van der Waals surface area contributed by atoms with Crippen molar-refractivity contribution in [3.63, 3.8) is 0 Å². The molecule has 1 amide bonds. The molecule has 2 rings (SSSR count). The lowest BCUT2D eigenvalue weighted by atomic mass is 9.85. The molecule has 5 heteroatoms. The fourth-order valence-electron chi connectivity index (χ4n) is 3.14. The van der Waals surface area contributed by atoms with Crippen LogP contribution in [0.15, 0.2) is 0 Å². The Morgan fingerprint density at radius 3 is 2.62 bits per heavy atom. The van der Waals surface area contributed by atoms with Crippen LogP contribution in [-0.4, -0.2) is 40.5 Å². The van der Waals surface area contributed by atoms with Crippen molar-refractivity contribution < 1.29 is 14.7 Å². The van der Waals surface area contributed by atoms with Gasteiger partial charge in [0, 0.05) is 6.04 Å². The summed E-state index contributed by atoms with van der Waals surface area (Å²) in [5.41, 5.74) is 5.35. The average Bonchev–Trinajstić information content (AvgIpc) is 2.67. The highest BCUT2D eigenvalue weighted by Crippen LogP contribution is 2.39. The van der Waals surface area contributed by atoms with Crippen molar-refractivity contribution in [3.8, 4) is 0 Å². The number of carboxylic acids is 1. The Morgan fingerprint density at radius 2 is 2.00 bits per heavy atom. The van der Waals surface area contributed by atoms with Crippen molar-refractivity contribution in [2.45, 2.75) is 44.2 Å². The second-order valence-electron chi connectivity index (χ2n) is 4.71. The number of amides is 1. The Balaban J connectivity index is 2.20. The van der Waals surface area contributed by atoms with Crippen LogP contribution < -0.4 is 5.73 Å². The summed E-state index contributed by atoms with van der Waals surface area (Å²) in [5.74, 6) is -0.747. The van der Waals surface area contributed by atoms with E-state index in [0.717, 1.165) is 25.7 Å². The van der Waals surface area contributed by atoms with E-state index in [2.05, 4.69) is 0 Å². The zero-order valence-electron chi connectivity index (χ0n) is 9.26. The summed E-state index contributed by atoms with van der Waals surface area (Å²) in [7, 11) is 0. The van der Waals surface area contributed by atoms with Crippen LogP contribution in [0.3, 0.4) is 0 Å². The number of fused-ring (bicyclic) bond motifs is 1. The van der Waals surface area contributed by atoms with Gasteiger partial charge in [0.25, 0.3) is 0 Å². The molecule has 1 saturated carbocycles. The van der Waals surface area contributed by atoms with Gasteiger partial charge in [0.15, 0.2) is 0 Å². The maximum absolute atomic E-state index is 11.7. The highest BCUT2D eigenvalue weighted by molar-refractivity contribution is 5.85. The summed E-state index contributed by atoms with van der Waals surface area (Å²) >= 11 is 0. The van der Waals surface area contributed by atoms with Crippen LogP contribution in [0.25, 0.3) is 0 Å². The van der Waals surface area contributed by atoms with Crippen molar-refractivity contribution in [2.24, 2.45) is 11.7 Å². The maximum Gasteiger partial charge on any atom is 0.326 e. The lowest BCUT2D eigenvalue weighted by Gasteiger charge is -2.32. The molecule has 3 unspecified atom stereocenters. The first-order valence-corrected chi connectivity index (χ1v) is 5.89. The van der Waals surface area contributed by atoms with E-state index in [9.17, 15) is 9.59 Å². The molecule has 1 aliphatic heterocycles. The van der Waals surface area contributed by atoms with E-state index < -0.39 is 12.0 Å². The van der Waals surface area contributed by atoms with Crippen molar-refractivity contribution >= 4 is 11.9 Å². The molecule has 1 aliphatic carbocycles. The highest BCUT2D eigenvalue weighted by atomic mass is 16.4. The van der Waals surface area contributed by atoms with E-state index in [1.807, 2.05) is 0 Å². The smallest absolute Gasteiger partial charge is 0.326 e. The summed E-state index contributed by atoms with van der Waals surface area (Å²) in [6.07, 6.45) is 4.81. The molecular formula is C11H18N2O3. The van der Waals surface area contributed by atoms with Crippen LogP contribution in [0, 0.1) is 5.92 Å². The van der Waals surface area contributed by atoms with Gasteiger partial charge in [-0.3, -0.25) is 4.79 Å². The lowest BCUT2D eigenvalue weighted by Crippen LogP contribution is -2.48. The van der Waals surface area contributed by atoms with Gasteiger partial charge in [-0.2, -0.15) is 0 Å². The van der Waals surface area contributed by atoms with Crippen molar-refractivity contribution in [3.05, 3.63) is 0 Å². The highest BCUT2D eigenvalue weighted by Gasteiger charge is 2.46. The molecule has 0 aromatic rings. The first-order valence-electron chi connectivity index (χ1n) is 5.89. The number of aliphatic carboxylic acids is 1. The van der Waals surface area contributed by atoms with Crippen molar-refractivity contribution in [2.75, 3.05) is 6.54 Å². The molecule has 0 spiro atoms. The lowest BCUT2D eigenvalue weighted by molar-refractivity contribution is -0.149. The molecule has 2 aliphatic rings. The Kier molecular flexibility index (Phi) is 3.14. The third kappa shape index (κ3) is 1.80. The Hall–Kier alpha value is -1.10. The van der Waals surface area contributed by atoms with Gasteiger partial charge >= 0.3 is 5.97 Å². The standard InChI is InChI=1S/C11H18N2O3/c12-6-10(14)13-8-4-2-1-3-7(8)5-9(13)11(15)16/h7-9H,1-6,12H2,(H,15,16). The minimum Gasteiger partial charge on any atom is -0.480 e. The van der Waals surface area contributed by atoms with Crippen LogP contribution in [0.2, 0.25) is 0 Å². The molecular weight excluding hydrogens is 208 g/mol. The Morgan fingerprint density at radius 1 is 1.31 bits per heavy atom. The largest absolute Gasteiger partial charge is 0.480 e. The molecule has 0 aromatic heterocycles. The first kappa shape index (κ1) is 11.4. The molecule has 1 heterocycles. The molecule has 0 radical (unpaired) electrons. The molecule has 0 bridgehead atoms. The van der Waals surface area contributed by atoms with Crippen molar-refractivity contribution in [1.82, 2.24) is 4.90 Å². The predicted molar refractivity (Wildman–Crippen MR) is 57.7 cm³/mol. The second-order valence-corrected chi connectivity index (χ2v) is 4.71. The van der Waals surface area contributed by atoms with Gasteiger partial charge in [-0.15, -0.1) is 0 Å². The van der Waals surface area contributed by atoms with Gasteiger partial charge in [0.05, 0.1) is 6.54 Å². The number of carbonyl (C=O) groups is 2. The van der Waals surface area contributed by atoms with Gasteiger partial charge in [-0.1, -0.05) is 12.8 Å². The quantitative estimate of drug-likeness (QED) is 0.704. The van der Waals surface area contributed by atoms with Crippen LogP contribution in [-0.2, 0) is 9.59 Å². The number of rotatable bonds is 2.